The molecule has 0 aliphatic heterocycles. The Labute approximate surface area is 70.6 Å². The Hall–Kier alpha value is -0.610. The predicted molar refractivity (Wildman–Crippen MR) is 48.9 cm³/mol. The van der Waals surface area contributed by atoms with Crippen LogP contribution >= 0.6 is 11.3 Å². The number of nitrogens with one attached hydrogen (secondary N) is 1. The number of nitrogens with zero attached hydrogens (tertiary/aromatic N) is 1. The van der Waals surface area contributed by atoms with Gasteiger partial charge in [0.2, 0.25) is 0 Å². The number of hydrogen-bond donors (Lipinski definition) is 2. The lowest BCUT2D eigenvalue weighted by Gasteiger charge is -2.02. The van der Waals surface area contributed by atoms with E-state index in [0.717, 1.165) is 17.2 Å². The first-order valence-corrected chi connectivity index (χ1v) is 4.54. The van der Waals surface area contributed by atoms with Gasteiger partial charge in [0, 0.05) is 18.5 Å². The molecule has 1 aromatic rings. The predicted octanol–water partition coefficient (Wildman–Crippen LogP) is 1.59. The lowest BCUT2D eigenvalue weighted by atomic mass is 10.2. The van der Waals surface area contributed by atoms with Crippen molar-refractivity contribution < 1.29 is 0 Å². The van der Waals surface area contributed by atoms with Gasteiger partial charge in [-0.15, -0.1) is 11.3 Å². The van der Waals surface area contributed by atoms with Gasteiger partial charge >= 0.3 is 0 Å². The van der Waals surface area contributed by atoms with Crippen molar-refractivity contribution in [2.75, 3.05) is 12.4 Å². The second-order valence-electron chi connectivity index (χ2n) is 2.34. The molecule has 11 heavy (non-hydrogen) atoms. The van der Waals surface area contributed by atoms with E-state index in [1.54, 1.807) is 11.3 Å². The normalized spacial score (nSPS) is 13.0. The Bertz CT molecular complexity index is 221. The molecule has 0 saturated heterocycles. The van der Waals surface area contributed by atoms with Crippen molar-refractivity contribution >= 4 is 16.5 Å². The molecule has 0 fully saturated rings. The lowest BCUT2D eigenvalue weighted by Crippen LogP contribution is -2.08. The minimum atomic E-state index is 0.0911. The van der Waals surface area contributed by atoms with Crippen LogP contribution in [0.5, 0.6) is 0 Å². The topological polar surface area (TPSA) is 50.9 Å². The van der Waals surface area contributed by atoms with E-state index >= 15 is 0 Å². The first kappa shape index (κ1) is 8.49. The fourth-order valence-corrected chi connectivity index (χ4v) is 1.52. The highest BCUT2D eigenvalue weighted by Crippen LogP contribution is 2.20. The van der Waals surface area contributed by atoms with E-state index in [2.05, 4.69) is 17.2 Å². The SMILES string of the molecule is CCC(N)c1csc(NC)n1. The number of hydrogen-bond acceptors (Lipinski definition) is 4. The number of nitrogens with two attached hydrogens (primary N) is 1. The molecular weight excluding hydrogens is 158 g/mol. The number of rotatable bonds is 3. The fourth-order valence-electron chi connectivity index (χ4n) is 0.780. The summed E-state index contributed by atoms with van der Waals surface area (Å²) in [5.41, 5.74) is 6.77. The van der Waals surface area contributed by atoms with Crippen molar-refractivity contribution in [2.45, 2.75) is 19.4 Å². The van der Waals surface area contributed by atoms with Crippen LogP contribution in [0.3, 0.4) is 0 Å². The van der Waals surface area contributed by atoms with E-state index in [1.165, 1.54) is 0 Å². The van der Waals surface area contributed by atoms with Crippen LogP contribution < -0.4 is 11.1 Å². The molecule has 0 bridgehead atoms. The Morgan fingerprint density at radius 2 is 2.55 bits per heavy atom. The van der Waals surface area contributed by atoms with Crippen molar-refractivity contribution in [1.82, 2.24) is 4.98 Å². The first-order valence-electron chi connectivity index (χ1n) is 3.66. The molecule has 1 atom stereocenters. The molecule has 1 aromatic heterocycles. The van der Waals surface area contributed by atoms with Gasteiger partial charge in [-0.2, -0.15) is 0 Å². The Kier molecular flexibility index (Phi) is 2.84. The molecule has 62 valence electrons. The third-order valence-electron chi connectivity index (χ3n) is 1.56. The minimum Gasteiger partial charge on any atom is -0.365 e. The second-order valence-corrected chi connectivity index (χ2v) is 3.20. The first-order chi connectivity index (χ1) is 5.27. The zero-order valence-electron chi connectivity index (χ0n) is 6.79. The molecule has 0 aromatic carbocycles. The molecule has 1 rings (SSSR count). The summed E-state index contributed by atoms with van der Waals surface area (Å²) in [4.78, 5) is 4.28. The van der Waals surface area contributed by atoms with Crippen LogP contribution in [0.4, 0.5) is 5.13 Å². The smallest absolute Gasteiger partial charge is 0.182 e. The summed E-state index contributed by atoms with van der Waals surface area (Å²) in [6.07, 6.45) is 0.937. The van der Waals surface area contributed by atoms with Crippen molar-refractivity contribution in [3.05, 3.63) is 11.1 Å². The van der Waals surface area contributed by atoms with E-state index in [-0.39, 0.29) is 6.04 Å². The van der Waals surface area contributed by atoms with Gasteiger partial charge in [0.05, 0.1) is 5.69 Å². The highest BCUT2D eigenvalue weighted by molar-refractivity contribution is 7.13. The summed E-state index contributed by atoms with van der Waals surface area (Å²) in [6.45, 7) is 2.06. The summed E-state index contributed by atoms with van der Waals surface area (Å²) >= 11 is 1.59. The summed E-state index contributed by atoms with van der Waals surface area (Å²) in [5.74, 6) is 0. The van der Waals surface area contributed by atoms with Crippen LogP contribution in [0.25, 0.3) is 0 Å². The highest BCUT2D eigenvalue weighted by atomic mass is 32.1. The molecule has 3 nitrogen and oxygen atoms in total. The summed E-state index contributed by atoms with van der Waals surface area (Å²) in [5, 5.41) is 5.91. The maximum Gasteiger partial charge on any atom is 0.182 e. The van der Waals surface area contributed by atoms with Gasteiger partial charge < -0.3 is 11.1 Å². The quantitative estimate of drug-likeness (QED) is 0.726. The molecule has 0 amide bonds. The molecule has 1 heterocycles. The van der Waals surface area contributed by atoms with Crippen molar-refractivity contribution in [3.8, 4) is 0 Å². The third-order valence-corrected chi connectivity index (χ3v) is 2.43. The van der Waals surface area contributed by atoms with Crippen molar-refractivity contribution in [3.63, 3.8) is 0 Å². The molecule has 0 aliphatic carbocycles. The minimum absolute atomic E-state index is 0.0911. The van der Waals surface area contributed by atoms with E-state index in [4.69, 9.17) is 5.73 Å². The highest BCUT2D eigenvalue weighted by Gasteiger charge is 2.06. The van der Waals surface area contributed by atoms with Crippen LogP contribution in [0.15, 0.2) is 5.38 Å². The van der Waals surface area contributed by atoms with Gasteiger partial charge in [0.15, 0.2) is 5.13 Å². The molecule has 4 heteroatoms. The third kappa shape index (κ3) is 1.91. The monoisotopic (exact) mass is 171 g/mol. The number of anilines is 1. The fraction of sp³-hybridized carbons (Fsp3) is 0.571. The Morgan fingerprint density at radius 1 is 1.82 bits per heavy atom. The molecule has 3 N–H and O–H groups in total. The molecule has 0 saturated carbocycles. The molecule has 0 spiro atoms. The van der Waals surface area contributed by atoms with E-state index < -0.39 is 0 Å². The maximum atomic E-state index is 5.78. The molecule has 0 aliphatic rings. The molecular formula is C7H13N3S. The summed E-state index contributed by atoms with van der Waals surface area (Å²) in [6, 6.07) is 0.0911. The van der Waals surface area contributed by atoms with Crippen LogP contribution in [0.1, 0.15) is 25.1 Å². The van der Waals surface area contributed by atoms with E-state index in [9.17, 15) is 0 Å². The summed E-state index contributed by atoms with van der Waals surface area (Å²) in [7, 11) is 1.86. The van der Waals surface area contributed by atoms with Gasteiger partial charge in [0.25, 0.3) is 0 Å². The largest absolute Gasteiger partial charge is 0.365 e. The summed E-state index contributed by atoms with van der Waals surface area (Å²) < 4.78 is 0. The second kappa shape index (κ2) is 3.69. The van der Waals surface area contributed by atoms with Crippen LogP contribution in [0, 0.1) is 0 Å². The maximum absolute atomic E-state index is 5.78. The van der Waals surface area contributed by atoms with E-state index in [1.807, 2.05) is 12.4 Å². The van der Waals surface area contributed by atoms with Crippen molar-refractivity contribution in [1.29, 1.82) is 0 Å². The Morgan fingerprint density at radius 3 is 3.00 bits per heavy atom. The van der Waals surface area contributed by atoms with Crippen LogP contribution in [0.2, 0.25) is 0 Å². The van der Waals surface area contributed by atoms with Crippen LogP contribution in [-0.2, 0) is 0 Å². The Balaban J connectivity index is 2.71. The zero-order chi connectivity index (χ0) is 8.27. The molecule has 1 unspecified atom stereocenters. The standard InChI is InChI=1S/C7H13N3S/c1-3-5(8)6-4-11-7(9-2)10-6/h4-5H,3,8H2,1-2H3,(H,9,10). The lowest BCUT2D eigenvalue weighted by molar-refractivity contribution is 0.681. The van der Waals surface area contributed by atoms with Gasteiger partial charge in [-0.05, 0) is 6.42 Å². The number of thiazole rings is 1. The average molecular weight is 171 g/mol. The average Bonchev–Trinajstić information content (AvgIpc) is 2.50. The van der Waals surface area contributed by atoms with Gasteiger partial charge in [0.1, 0.15) is 0 Å². The number of aromatic nitrogens is 1. The van der Waals surface area contributed by atoms with Gasteiger partial charge in [-0.1, -0.05) is 6.92 Å². The van der Waals surface area contributed by atoms with Crippen LogP contribution in [-0.4, -0.2) is 12.0 Å². The molecule has 0 radical (unpaired) electrons. The van der Waals surface area contributed by atoms with E-state index in [0.29, 0.717) is 0 Å². The van der Waals surface area contributed by atoms with Crippen molar-refractivity contribution in [2.24, 2.45) is 5.73 Å². The van der Waals surface area contributed by atoms with Gasteiger partial charge in [-0.3, -0.25) is 0 Å². The zero-order valence-corrected chi connectivity index (χ0v) is 7.61. The van der Waals surface area contributed by atoms with Gasteiger partial charge in [-0.25, -0.2) is 4.98 Å².